The van der Waals surface area contributed by atoms with Gasteiger partial charge in [0.15, 0.2) is 0 Å². The van der Waals surface area contributed by atoms with Gasteiger partial charge in [-0.1, -0.05) is 12.8 Å². The second kappa shape index (κ2) is 5.49. The van der Waals surface area contributed by atoms with Gasteiger partial charge in [-0.15, -0.1) is 0 Å². The Hall–Kier alpha value is 0.260. The molecule has 1 aliphatic carbocycles. The number of hydrogen-bond donors (Lipinski definition) is 1. The number of rotatable bonds is 3. The minimum atomic E-state index is 0.0428. The molecule has 94 valence electrons. The summed E-state index contributed by atoms with van der Waals surface area (Å²) in [6.07, 6.45) is 6.73. The van der Waals surface area contributed by atoms with Gasteiger partial charge < -0.3 is 4.57 Å². The Morgan fingerprint density at radius 1 is 1.35 bits per heavy atom. The molecule has 1 aromatic heterocycles. The normalized spacial score (nSPS) is 18.5. The van der Waals surface area contributed by atoms with E-state index in [1.807, 2.05) is 6.20 Å². The summed E-state index contributed by atoms with van der Waals surface area (Å²) >= 11 is 11.2. The first-order valence-corrected chi connectivity index (χ1v) is 7.95. The molecule has 1 aromatic rings. The molecule has 5 heteroatoms. The van der Waals surface area contributed by atoms with Crippen LogP contribution in [0.3, 0.4) is 0 Å². The summed E-state index contributed by atoms with van der Waals surface area (Å²) in [5.41, 5.74) is 0.244. The van der Waals surface area contributed by atoms with E-state index in [0.29, 0.717) is 4.47 Å². The van der Waals surface area contributed by atoms with Gasteiger partial charge >= 0.3 is 0 Å². The molecule has 0 bridgehead atoms. The van der Waals surface area contributed by atoms with Crippen molar-refractivity contribution in [3.63, 3.8) is 0 Å². The van der Waals surface area contributed by atoms with Crippen molar-refractivity contribution < 1.29 is 0 Å². The molecule has 0 amide bonds. The maximum atomic E-state index is 12.0. The predicted octanol–water partition coefficient (Wildman–Crippen LogP) is 3.86. The molecular formula is C12H15Br2NOS. The van der Waals surface area contributed by atoms with Gasteiger partial charge in [0.05, 0.1) is 4.47 Å². The lowest BCUT2D eigenvalue weighted by Crippen LogP contribution is -2.32. The third kappa shape index (κ3) is 2.99. The van der Waals surface area contributed by atoms with Crippen molar-refractivity contribution >= 4 is 44.5 Å². The molecule has 0 aliphatic heterocycles. The first-order chi connectivity index (χ1) is 8.06. The first kappa shape index (κ1) is 13.7. The van der Waals surface area contributed by atoms with Crippen LogP contribution in [0.15, 0.2) is 26.0 Å². The molecule has 17 heavy (non-hydrogen) atoms. The van der Waals surface area contributed by atoms with Gasteiger partial charge in [-0.25, -0.2) is 0 Å². The lowest BCUT2D eigenvalue weighted by Gasteiger charge is -2.27. The fourth-order valence-corrected chi connectivity index (χ4v) is 4.21. The molecule has 0 N–H and O–H groups in total. The van der Waals surface area contributed by atoms with Crippen molar-refractivity contribution in [2.75, 3.05) is 5.75 Å². The van der Waals surface area contributed by atoms with E-state index in [0.717, 1.165) is 16.8 Å². The fraction of sp³-hybridized carbons (Fsp3) is 0.583. The van der Waals surface area contributed by atoms with Gasteiger partial charge in [-0.05, 0) is 61.9 Å². The molecule has 0 spiro atoms. The first-order valence-electron chi connectivity index (χ1n) is 5.73. The van der Waals surface area contributed by atoms with Crippen molar-refractivity contribution in [2.45, 2.75) is 32.2 Å². The van der Waals surface area contributed by atoms with E-state index >= 15 is 0 Å². The van der Waals surface area contributed by atoms with Gasteiger partial charge in [0.1, 0.15) is 0 Å². The summed E-state index contributed by atoms with van der Waals surface area (Å²) < 4.78 is 3.34. The largest absolute Gasteiger partial charge is 0.313 e. The summed E-state index contributed by atoms with van der Waals surface area (Å²) in [5.74, 6) is 0.851. The Morgan fingerprint density at radius 3 is 2.59 bits per heavy atom. The van der Waals surface area contributed by atoms with Crippen molar-refractivity contribution in [3.05, 3.63) is 31.6 Å². The van der Waals surface area contributed by atoms with Crippen molar-refractivity contribution in [1.82, 2.24) is 4.57 Å². The van der Waals surface area contributed by atoms with Crippen LogP contribution in [0.25, 0.3) is 0 Å². The minimum absolute atomic E-state index is 0.0428. The van der Waals surface area contributed by atoms with Gasteiger partial charge in [-0.3, -0.25) is 4.79 Å². The molecular weight excluding hydrogens is 366 g/mol. The van der Waals surface area contributed by atoms with Gasteiger partial charge in [0, 0.05) is 17.2 Å². The number of halogens is 2. The van der Waals surface area contributed by atoms with Crippen LogP contribution >= 0.6 is 44.5 Å². The molecule has 2 rings (SSSR count). The zero-order chi connectivity index (χ0) is 12.5. The molecule has 0 aromatic carbocycles. The Kier molecular flexibility index (Phi) is 4.42. The summed E-state index contributed by atoms with van der Waals surface area (Å²) in [6.45, 7) is 0.771. The summed E-state index contributed by atoms with van der Waals surface area (Å²) in [5, 5.41) is 0. The van der Waals surface area contributed by atoms with E-state index in [9.17, 15) is 4.79 Å². The SMILES string of the molecule is O=c1c(Br)cc(Br)cn1CC1(CS)CCCC1. The van der Waals surface area contributed by atoms with Gasteiger partial charge in [0.2, 0.25) is 0 Å². The topological polar surface area (TPSA) is 22.0 Å². The summed E-state index contributed by atoms with van der Waals surface area (Å²) in [7, 11) is 0. The minimum Gasteiger partial charge on any atom is -0.313 e. The quantitative estimate of drug-likeness (QED) is 0.790. The lowest BCUT2D eigenvalue weighted by atomic mass is 9.88. The average Bonchev–Trinajstić information content (AvgIpc) is 2.74. The van der Waals surface area contributed by atoms with Crippen molar-refractivity contribution in [2.24, 2.45) is 5.41 Å². The number of nitrogens with zero attached hydrogens (tertiary/aromatic N) is 1. The zero-order valence-corrected chi connectivity index (χ0v) is 13.5. The third-order valence-electron chi connectivity index (χ3n) is 3.51. The van der Waals surface area contributed by atoms with Gasteiger partial charge in [0.25, 0.3) is 5.56 Å². The molecule has 1 fully saturated rings. The zero-order valence-electron chi connectivity index (χ0n) is 9.46. The maximum Gasteiger partial charge on any atom is 0.264 e. The highest BCUT2D eigenvalue weighted by atomic mass is 79.9. The van der Waals surface area contributed by atoms with Crippen LogP contribution in [-0.4, -0.2) is 10.3 Å². The Balaban J connectivity index is 2.32. The van der Waals surface area contributed by atoms with Crippen molar-refractivity contribution in [1.29, 1.82) is 0 Å². The number of hydrogen-bond acceptors (Lipinski definition) is 2. The van der Waals surface area contributed by atoms with Crippen molar-refractivity contribution in [3.8, 4) is 0 Å². The molecule has 1 heterocycles. The van der Waals surface area contributed by atoms with Crippen LogP contribution in [-0.2, 0) is 6.54 Å². The highest BCUT2D eigenvalue weighted by Crippen LogP contribution is 2.40. The van der Waals surface area contributed by atoms with E-state index in [-0.39, 0.29) is 11.0 Å². The van der Waals surface area contributed by atoms with E-state index in [1.54, 1.807) is 10.6 Å². The number of pyridine rings is 1. The van der Waals surface area contributed by atoms with E-state index in [2.05, 4.69) is 44.5 Å². The van der Waals surface area contributed by atoms with E-state index in [1.165, 1.54) is 25.7 Å². The molecule has 1 aliphatic rings. The van der Waals surface area contributed by atoms with Gasteiger partial charge in [-0.2, -0.15) is 12.6 Å². The molecule has 0 saturated heterocycles. The van der Waals surface area contributed by atoms with Crippen LogP contribution < -0.4 is 5.56 Å². The highest BCUT2D eigenvalue weighted by molar-refractivity contribution is 9.11. The monoisotopic (exact) mass is 379 g/mol. The lowest BCUT2D eigenvalue weighted by molar-refractivity contribution is 0.286. The van der Waals surface area contributed by atoms with Crippen LogP contribution in [0.1, 0.15) is 25.7 Å². The second-order valence-corrected chi connectivity index (χ2v) is 6.89. The second-order valence-electron chi connectivity index (χ2n) is 4.80. The summed E-state index contributed by atoms with van der Waals surface area (Å²) in [6, 6.07) is 1.79. The molecule has 0 unspecified atom stereocenters. The molecule has 0 radical (unpaired) electrons. The average molecular weight is 381 g/mol. The smallest absolute Gasteiger partial charge is 0.264 e. The Morgan fingerprint density at radius 2 is 2.00 bits per heavy atom. The maximum absolute atomic E-state index is 12.0. The van der Waals surface area contributed by atoms with Crippen LogP contribution in [0, 0.1) is 5.41 Å². The predicted molar refractivity (Wildman–Crippen MR) is 80.9 cm³/mol. The standard InChI is InChI=1S/C12H15Br2NOS/c13-9-5-10(14)11(16)15(6-9)7-12(8-17)3-1-2-4-12/h5-6,17H,1-4,7-8H2. The number of thiol groups is 1. The molecule has 2 nitrogen and oxygen atoms in total. The fourth-order valence-electron chi connectivity index (χ4n) is 2.53. The Labute approximate surface area is 123 Å². The third-order valence-corrected chi connectivity index (χ3v) is 5.19. The van der Waals surface area contributed by atoms with Crippen LogP contribution in [0.4, 0.5) is 0 Å². The molecule has 0 atom stereocenters. The highest BCUT2D eigenvalue weighted by Gasteiger charge is 2.33. The number of aromatic nitrogens is 1. The summed E-state index contributed by atoms with van der Waals surface area (Å²) in [4.78, 5) is 12.0. The van der Waals surface area contributed by atoms with Crippen LogP contribution in [0.5, 0.6) is 0 Å². The molecule has 1 saturated carbocycles. The van der Waals surface area contributed by atoms with E-state index < -0.39 is 0 Å². The van der Waals surface area contributed by atoms with E-state index in [4.69, 9.17) is 0 Å². The van der Waals surface area contributed by atoms with Crippen LogP contribution in [0.2, 0.25) is 0 Å². The Bertz CT molecular complexity index is 466.